The summed E-state index contributed by atoms with van der Waals surface area (Å²) < 4.78 is 0. The first-order valence-corrected chi connectivity index (χ1v) is 8.36. The van der Waals surface area contributed by atoms with Crippen molar-refractivity contribution in [2.24, 2.45) is 5.73 Å². The van der Waals surface area contributed by atoms with E-state index in [1.807, 2.05) is 26.0 Å². The maximum Gasteiger partial charge on any atom is 0.224 e. The summed E-state index contributed by atoms with van der Waals surface area (Å²) in [4.78, 5) is 29.9. The van der Waals surface area contributed by atoms with Crippen molar-refractivity contribution in [3.8, 4) is 11.4 Å². The Balaban J connectivity index is 0.00000338. The van der Waals surface area contributed by atoms with Gasteiger partial charge in [-0.1, -0.05) is 0 Å². The highest BCUT2D eigenvalue weighted by molar-refractivity contribution is 5.93. The first kappa shape index (κ1) is 21.6. The first-order chi connectivity index (χ1) is 12.1. The summed E-state index contributed by atoms with van der Waals surface area (Å²) in [5.41, 5.74) is 6.99. The molecule has 4 N–H and O–H groups in total. The lowest BCUT2D eigenvalue weighted by molar-refractivity contribution is -0.132. The van der Waals surface area contributed by atoms with E-state index in [2.05, 4.69) is 20.5 Å². The second kappa shape index (κ2) is 10.5. The van der Waals surface area contributed by atoms with Crippen molar-refractivity contribution in [2.45, 2.75) is 33.2 Å². The summed E-state index contributed by atoms with van der Waals surface area (Å²) in [6.45, 7) is 5.46. The molecule has 2 rings (SSSR count). The van der Waals surface area contributed by atoms with E-state index in [-0.39, 0.29) is 37.1 Å². The Hall–Kier alpha value is -2.45. The third kappa shape index (κ3) is 5.82. The first-order valence-electron chi connectivity index (χ1n) is 8.36. The van der Waals surface area contributed by atoms with Crippen LogP contribution in [0.2, 0.25) is 0 Å². The molecule has 0 saturated heterocycles. The molecular formula is C17H25ClN6O2. The van der Waals surface area contributed by atoms with Crippen molar-refractivity contribution in [1.29, 1.82) is 0 Å². The smallest absolute Gasteiger partial charge is 0.224 e. The number of nitrogens with two attached hydrogens (primary N) is 1. The maximum atomic E-state index is 12.0. The molecule has 2 aromatic rings. The molecule has 0 aliphatic carbocycles. The van der Waals surface area contributed by atoms with E-state index in [0.717, 1.165) is 5.56 Å². The van der Waals surface area contributed by atoms with Crippen molar-refractivity contribution in [3.05, 3.63) is 30.1 Å². The zero-order valence-corrected chi connectivity index (χ0v) is 15.8. The lowest BCUT2D eigenvalue weighted by atomic mass is 10.2. The van der Waals surface area contributed by atoms with Gasteiger partial charge < -0.3 is 16.0 Å². The Morgan fingerprint density at radius 3 is 2.35 bits per heavy atom. The lowest BCUT2D eigenvalue weighted by Crippen LogP contribution is -2.31. The van der Waals surface area contributed by atoms with E-state index in [0.29, 0.717) is 37.0 Å². The summed E-state index contributed by atoms with van der Waals surface area (Å²) >= 11 is 0. The molecular weight excluding hydrogens is 356 g/mol. The Morgan fingerprint density at radius 1 is 1.15 bits per heavy atom. The van der Waals surface area contributed by atoms with Crippen molar-refractivity contribution in [2.75, 3.05) is 18.4 Å². The lowest BCUT2D eigenvalue weighted by Gasteiger charge is -2.18. The molecule has 8 nitrogen and oxygen atoms in total. The van der Waals surface area contributed by atoms with Crippen LogP contribution in [0.25, 0.3) is 11.4 Å². The Bertz CT molecular complexity index is 712. The third-order valence-corrected chi connectivity index (χ3v) is 3.83. The fourth-order valence-corrected chi connectivity index (χ4v) is 2.40. The quantitative estimate of drug-likeness (QED) is 0.646. The standard InChI is InChI=1S/C17H24N6O2.ClH/c1-3-23(4-2)16(25)10-9-15(24)19-13-7-5-12(6-8-13)17-20-14(11-18)21-22-17;/h5-8H,3-4,9-11,18H2,1-2H3,(H,19,24)(H,20,21,22);1H. The fourth-order valence-electron chi connectivity index (χ4n) is 2.40. The number of carbonyl (C=O) groups excluding carboxylic acids is 2. The third-order valence-electron chi connectivity index (χ3n) is 3.83. The highest BCUT2D eigenvalue weighted by Crippen LogP contribution is 2.18. The van der Waals surface area contributed by atoms with Crippen molar-refractivity contribution < 1.29 is 9.59 Å². The molecule has 0 unspecified atom stereocenters. The molecule has 2 amide bonds. The van der Waals surface area contributed by atoms with Gasteiger partial charge in [0.2, 0.25) is 11.8 Å². The van der Waals surface area contributed by atoms with Gasteiger partial charge in [0.05, 0.1) is 6.54 Å². The number of aromatic nitrogens is 3. The van der Waals surface area contributed by atoms with Crippen LogP contribution in [0.3, 0.4) is 0 Å². The molecule has 1 heterocycles. The van der Waals surface area contributed by atoms with Crippen molar-refractivity contribution in [3.63, 3.8) is 0 Å². The normalized spacial score (nSPS) is 10.1. The summed E-state index contributed by atoms with van der Waals surface area (Å²) in [5.74, 6) is 0.987. The monoisotopic (exact) mass is 380 g/mol. The minimum absolute atomic E-state index is 0. The van der Waals surface area contributed by atoms with Crippen LogP contribution >= 0.6 is 12.4 Å². The number of nitrogens with one attached hydrogen (secondary N) is 2. The zero-order valence-electron chi connectivity index (χ0n) is 15.0. The number of H-pyrrole nitrogens is 1. The molecule has 0 spiro atoms. The number of aromatic amines is 1. The molecule has 0 saturated carbocycles. The molecule has 9 heteroatoms. The molecule has 142 valence electrons. The number of carbonyl (C=O) groups is 2. The van der Waals surface area contributed by atoms with Crippen LogP contribution < -0.4 is 11.1 Å². The number of amides is 2. The van der Waals surface area contributed by atoms with Gasteiger partial charge in [0.1, 0.15) is 5.82 Å². The van der Waals surface area contributed by atoms with E-state index >= 15 is 0 Å². The second-order valence-electron chi connectivity index (χ2n) is 5.50. The second-order valence-corrected chi connectivity index (χ2v) is 5.50. The van der Waals surface area contributed by atoms with Crippen LogP contribution in [0.5, 0.6) is 0 Å². The largest absolute Gasteiger partial charge is 0.343 e. The number of hydrogen-bond acceptors (Lipinski definition) is 5. The van der Waals surface area contributed by atoms with Crippen LogP contribution in [-0.2, 0) is 16.1 Å². The number of benzene rings is 1. The zero-order chi connectivity index (χ0) is 18.2. The fraction of sp³-hybridized carbons (Fsp3) is 0.412. The molecule has 0 atom stereocenters. The van der Waals surface area contributed by atoms with E-state index in [1.165, 1.54) is 0 Å². The van der Waals surface area contributed by atoms with Crippen LogP contribution in [-0.4, -0.2) is 45.0 Å². The number of hydrogen-bond donors (Lipinski definition) is 3. The molecule has 0 bridgehead atoms. The molecule has 0 radical (unpaired) electrons. The van der Waals surface area contributed by atoms with Crippen molar-refractivity contribution in [1.82, 2.24) is 20.1 Å². The van der Waals surface area contributed by atoms with Gasteiger partial charge in [-0.25, -0.2) is 4.98 Å². The van der Waals surface area contributed by atoms with Gasteiger partial charge in [0.15, 0.2) is 5.82 Å². The van der Waals surface area contributed by atoms with E-state index in [9.17, 15) is 9.59 Å². The average molecular weight is 381 g/mol. The Kier molecular flexibility index (Phi) is 8.74. The molecule has 0 aliphatic heterocycles. The maximum absolute atomic E-state index is 12.0. The van der Waals surface area contributed by atoms with Crippen molar-refractivity contribution >= 4 is 29.9 Å². The van der Waals surface area contributed by atoms with Gasteiger partial charge >= 0.3 is 0 Å². The van der Waals surface area contributed by atoms with Gasteiger partial charge in [0, 0.05) is 37.2 Å². The predicted molar refractivity (Wildman–Crippen MR) is 103 cm³/mol. The minimum Gasteiger partial charge on any atom is -0.343 e. The molecule has 1 aromatic heterocycles. The predicted octanol–water partition coefficient (Wildman–Crippen LogP) is 1.94. The summed E-state index contributed by atoms with van der Waals surface area (Å²) in [6.07, 6.45) is 0.377. The number of anilines is 1. The van der Waals surface area contributed by atoms with Gasteiger partial charge in [-0.2, -0.15) is 5.10 Å². The SMILES string of the molecule is CCN(CC)C(=O)CCC(=O)Nc1ccc(-c2n[nH]c(CN)n2)cc1.Cl. The van der Waals surface area contributed by atoms with Crippen LogP contribution in [0.15, 0.2) is 24.3 Å². The minimum atomic E-state index is -0.184. The Labute approximate surface area is 159 Å². The summed E-state index contributed by atoms with van der Waals surface area (Å²) in [6, 6.07) is 7.19. The Morgan fingerprint density at radius 2 is 1.81 bits per heavy atom. The van der Waals surface area contributed by atoms with Gasteiger partial charge in [-0.3, -0.25) is 14.7 Å². The average Bonchev–Trinajstić information content (AvgIpc) is 3.11. The highest BCUT2D eigenvalue weighted by Gasteiger charge is 2.12. The van der Waals surface area contributed by atoms with Crippen LogP contribution in [0, 0.1) is 0 Å². The molecule has 0 aliphatic rings. The molecule has 1 aromatic carbocycles. The molecule has 0 fully saturated rings. The van der Waals surface area contributed by atoms with E-state index in [4.69, 9.17) is 5.73 Å². The van der Waals surface area contributed by atoms with Gasteiger partial charge in [0.25, 0.3) is 0 Å². The van der Waals surface area contributed by atoms with E-state index in [1.54, 1.807) is 17.0 Å². The number of halogens is 1. The van der Waals surface area contributed by atoms with Gasteiger partial charge in [-0.05, 0) is 38.1 Å². The number of nitrogens with zero attached hydrogens (tertiary/aromatic N) is 3. The number of rotatable bonds is 8. The molecule has 26 heavy (non-hydrogen) atoms. The van der Waals surface area contributed by atoms with Crippen LogP contribution in [0.4, 0.5) is 5.69 Å². The van der Waals surface area contributed by atoms with E-state index < -0.39 is 0 Å². The van der Waals surface area contributed by atoms with Gasteiger partial charge in [-0.15, -0.1) is 12.4 Å². The summed E-state index contributed by atoms with van der Waals surface area (Å²) in [7, 11) is 0. The summed E-state index contributed by atoms with van der Waals surface area (Å²) in [5, 5.41) is 9.63. The van der Waals surface area contributed by atoms with Crippen LogP contribution in [0.1, 0.15) is 32.5 Å². The highest BCUT2D eigenvalue weighted by atomic mass is 35.5. The topological polar surface area (TPSA) is 117 Å².